The molecule has 3 heterocycles. The Kier molecular flexibility index (Phi) is 12.5. The standard InChI is InChI=1S/C58H51F4NOS.FH/c1-34-29-36(3)46(37(4)30-34)23-25-48-41(8)57-54(53-55(60)40(7)33-50(59)56(53)61)58-42(9)49(26-24-47-38(5)31-35(2)32-39(47)6)52(28-20-44-17-21-45(64-10)22-18-44)65(58,11,62)63(57)51(48)27-19-43-15-13-12-14-16-43;/h12-22,27-33H,1-11H3;1H/b27-19+,28-20+;. The van der Waals surface area contributed by atoms with E-state index in [9.17, 15) is 0 Å². The largest absolute Gasteiger partial charge is 0.497 e. The molecule has 0 spiro atoms. The van der Waals surface area contributed by atoms with Crippen molar-refractivity contribution in [2.75, 3.05) is 13.4 Å². The highest BCUT2D eigenvalue weighted by atomic mass is 32.3. The van der Waals surface area contributed by atoms with Crippen molar-refractivity contribution in [3.05, 3.63) is 214 Å². The van der Waals surface area contributed by atoms with Gasteiger partial charge >= 0.3 is 0 Å². The van der Waals surface area contributed by atoms with Crippen molar-refractivity contribution >= 4 is 38.0 Å². The quantitative estimate of drug-likeness (QED) is 0.0534. The van der Waals surface area contributed by atoms with Gasteiger partial charge in [-0.3, -0.25) is 8.68 Å². The van der Waals surface area contributed by atoms with Gasteiger partial charge in [-0.1, -0.05) is 114 Å². The molecule has 0 bridgehead atoms. The number of rotatable bonds is 6. The molecule has 0 saturated heterocycles. The van der Waals surface area contributed by atoms with Crippen LogP contribution in [0.4, 0.5) is 21.8 Å². The monoisotopic (exact) mass is 905 g/mol. The van der Waals surface area contributed by atoms with Crippen LogP contribution in [-0.2, 0) is 0 Å². The fraction of sp³-hybridized carbons (Fsp3) is 0.190. The summed E-state index contributed by atoms with van der Waals surface area (Å²) in [6.45, 7) is 17.0. The van der Waals surface area contributed by atoms with E-state index in [0.717, 1.165) is 61.7 Å². The van der Waals surface area contributed by atoms with Gasteiger partial charge in [-0.15, -0.1) is 0 Å². The van der Waals surface area contributed by atoms with Gasteiger partial charge in [-0.2, -0.15) is 3.89 Å². The first-order valence-corrected chi connectivity index (χ1v) is 23.8. The van der Waals surface area contributed by atoms with Crippen LogP contribution in [0.25, 0.3) is 23.8 Å². The molecule has 336 valence electrons. The molecule has 8 heteroatoms. The maximum atomic E-state index is 20.8. The molecule has 0 fully saturated rings. The minimum absolute atomic E-state index is 0. The molecular formula is C58H52F5NOS. The summed E-state index contributed by atoms with van der Waals surface area (Å²) in [4.78, 5) is 0.331. The second-order valence-corrected chi connectivity index (χ2v) is 21.1. The fourth-order valence-electron chi connectivity index (χ4n) is 9.67. The van der Waals surface area contributed by atoms with Crippen LogP contribution in [0.3, 0.4) is 0 Å². The summed E-state index contributed by atoms with van der Waals surface area (Å²) < 4.78 is 77.3. The maximum Gasteiger partial charge on any atom is 0.169 e. The number of ether oxygens (including phenoxy) is 1. The molecule has 0 atom stereocenters. The zero-order chi connectivity index (χ0) is 46.7. The van der Waals surface area contributed by atoms with Gasteiger partial charge in [0.2, 0.25) is 0 Å². The van der Waals surface area contributed by atoms with E-state index >= 15 is 17.1 Å². The highest BCUT2D eigenvalue weighted by Gasteiger charge is 2.55. The molecule has 0 amide bonds. The van der Waals surface area contributed by atoms with Gasteiger partial charge in [0.1, 0.15) is 11.6 Å². The molecule has 0 unspecified atom stereocenters. The smallest absolute Gasteiger partial charge is 0.169 e. The molecule has 8 rings (SSSR count). The number of hydrogen-bond acceptors (Lipinski definition) is 1. The van der Waals surface area contributed by atoms with E-state index in [4.69, 9.17) is 4.74 Å². The number of nitrogens with zero attached hydrogens (tertiary/aromatic N) is 1. The first-order chi connectivity index (χ1) is 30.8. The zero-order valence-corrected chi connectivity index (χ0v) is 39.9. The molecule has 0 N–H and O–H groups in total. The Bertz CT molecular complexity index is 3290. The fourth-order valence-corrected chi connectivity index (χ4v) is 14.1. The third-order valence-corrected chi connectivity index (χ3v) is 16.7. The SMILES string of the molecule is COc1ccc(/C=C/C2=S3(C)(F)C(=C(c4c(F)c(C)cc(F)c4F)c4c(C)c(C#Cc5c(C)cc(C)cc5C)c(/C=C/c5ccccc5)n43)C(C)=C2C#Cc2c(C)cc(C)cc2C)cc1.F. The van der Waals surface area contributed by atoms with Gasteiger partial charge in [0.15, 0.2) is 11.6 Å². The summed E-state index contributed by atoms with van der Waals surface area (Å²) in [6, 6.07) is 26.1. The first kappa shape index (κ1) is 47.1. The summed E-state index contributed by atoms with van der Waals surface area (Å²) in [7, 11) is -3.45. The average molecular weight is 906 g/mol. The minimum Gasteiger partial charge on any atom is -0.497 e. The van der Waals surface area contributed by atoms with Gasteiger partial charge in [0, 0.05) is 38.3 Å². The van der Waals surface area contributed by atoms with Crippen LogP contribution in [0.15, 0.2) is 107 Å². The van der Waals surface area contributed by atoms with E-state index in [1.807, 2.05) is 114 Å². The van der Waals surface area contributed by atoms with Gasteiger partial charge in [0.25, 0.3) is 0 Å². The number of fused-ring (bicyclic) bond motifs is 3. The Morgan fingerprint density at radius 1 is 0.591 bits per heavy atom. The summed E-state index contributed by atoms with van der Waals surface area (Å²) in [5.74, 6) is 10.7. The van der Waals surface area contributed by atoms with Crippen LogP contribution < -0.4 is 4.74 Å². The molecule has 5 aromatic carbocycles. The molecule has 2 aliphatic heterocycles. The Morgan fingerprint density at radius 3 is 1.67 bits per heavy atom. The van der Waals surface area contributed by atoms with E-state index < -0.39 is 32.3 Å². The highest BCUT2D eigenvalue weighted by molar-refractivity contribution is 8.46. The second-order valence-electron chi connectivity index (χ2n) is 17.4. The van der Waals surface area contributed by atoms with Crippen molar-refractivity contribution in [1.82, 2.24) is 3.97 Å². The first-order valence-electron chi connectivity index (χ1n) is 21.5. The predicted molar refractivity (Wildman–Crippen MR) is 268 cm³/mol. The van der Waals surface area contributed by atoms with Gasteiger partial charge in [0.05, 0.1) is 29.6 Å². The van der Waals surface area contributed by atoms with Crippen LogP contribution in [-0.4, -0.2) is 22.2 Å². The Labute approximate surface area is 385 Å². The molecule has 0 radical (unpaired) electrons. The van der Waals surface area contributed by atoms with Crippen molar-refractivity contribution in [3.8, 4) is 29.4 Å². The lowest BCUT2D eigenvalue weighted by molar-refractivity contribution is 0.415. The molecule has 6 aromatic rings. The van der Waals surface area contributed by atoms with Crippen molar-refractivity contribution in [2.45, 2.75) is 62.3 Å². The second kappa shape index (κ2) is 17.5. The minimum atomic E-state index is -5.04. The van der Waals surface area contributed by atoms with Crippen LogP contribution in [0, 0.1) is 96.5 Å². The van der Waals surface area contributed by atoms with Gasteiger partial charge in [-0.05, 0) is 152 Å². The average Bonchev–Trinajstić information content (AvgIpc) is 3.73. The Balaban J connectivity index is 0.00000648. The molecule has 0 saturated carbocycles. The lowest BCUT2D eigenvalue weighted by Crippen LogP contribution is -2.17. The number of hydrogen-bond donors (Lipinski definition) is 0. The lowest BCUT2D eigenvalue weighted by atomic mass is 9.92. The van der Waals surface area contributed by atoms with Crippen molar-refractivity contribution < 1.29 is 26.5 Å². The number of aryl methyl sites for hydroxylation is 7. The number of allylic oxidation sites excluding steroid dienone is 3. The van der Waals surface area contributed by atoms with E-state index in [-0.39, 0.29) is 31.3 Å². The van der Waals surface area contributed by atoms with Gasteiger partial charge < -0.3 is 4.74 Å². The van der Waals surface area contributed by atoms with Crippen molar-refractivity contribution in [3.63, 3.8) is 0 Å². The molecule has 0 aliphatic carbocycles. The van der Waals surface area contributed by atoms with Crippen molar-refractivity contribution in [2.24, 2.45) is 0 Å². The van der Waals surface area contributed by atoms with Crippen LogP contribution >= 0.6 is 9.32 Å². The Morgan fingerprint density at radius 2 is 1.11 bits per heavy atom. The van der Waals surface area contributed by atoms with E-state index in [0.29, 0.717) is 33.7 Å². The predicted octanol–water partition coefficient (Wildman–Crippen LogP) is 14.8. The van der Waals surface area contributed by atoms with E-state index in [1.165, 1.54) is 6.92 Å². The van der Waals surface area contributed by atoms with Crippen LogP contribution in [0.5, 0.6) is 5.75 Å². The van der Waals surface area contributed by atoms with Gasteiger partial charge in [-0.25, -0.2) is 13.2 Å². The van der Waals surface area contributed by atoms with Crippen LogP contribution in [0.2, 0.25) is 0 Å². The molecule has 2 nitrogen and oxygen atoms in total. The number of methoxy groups -OCH3 is 1. The van der Waals surface area contributed by atoms with E-state index in [1.54, 1.807) is 37.3 Å². The summed E-state index contributed by atoms with van der Waals surface area (Å²) >= 11 is 0. The topological polar surface area (TPSA) is 14.2 Å². The number of benzene rings is 5. The molecular weight excluding hydrogens is 854 g/mol. The number of halogens is 5. The normalized spacial score (nSPS) is 15.2. The Hall–Kier alpha value is -6.87. The third-order valence-electron chi connectivity index (χ3n) is 12.6. The zero-order valence-electron chi connectivity index (χ0n) is 39.1. The number of aromatic nitrogens is 1. The highest BCUT2D eigenvalue weighted by Crippen LogP contribution is 2.79. The third kappa shape index (κ3) is 7.68. The molecule has 2 aliphatic rings. The summed E-state index contributed by atoms with van der Waals surface area (Å²) in [5, 5.41) is 0. The van der Waals surface area contributed by atoms with Crippen LogP contribution in [0.1, 0.15) is 96.2 Å². The van der Waals surface area contributed by atoms with E-state index in [2.05, 4.69) is 47.9 Å². The summed E-state index contributed by atoms with van der Waals surface area (Å²) in [6.07, 6.45) is 8.85. The summed E-state index contributed by atoms with van der Waals surface area (Å²) in [5.41, 5.74) is 11.0. The molecule has 66 heavy (non-hydrogen) atoms. The lowest BCUT2D eigenvalue weighted by Gasteiger charge is -2.39. The van der Waals surface area contributed by atoms with Crippen molar-refractivity contribution in [1.29, 1.82) is 0 Å². The maximum absolute atomic E-state index is 20.8. The molecule has 1 aromatic heterocycles.